The molecule has 2 rings (SSSR count). The average molecular weight is 457 g/mol. The van der Waals surface area contributed by atoms with E-state index < -0.39 is 34.2 Å². The van der Waals surface area contributed by atoms with E-state index in [-0.39, 0.29) is 27.6 Å². The smallest absolute Gasteiger partial charge is 0.326 e. The van der Waals surface area contributed by atoms with Gasteiger partial charge in [-0.1, -0.05) is 6.07 Å². The van der Waals surface area contributed by atoms with Crippen molar-refractivity contribution in [2.24, 2.45) is 11.5 Å². The van der Waals surface area contributed by atoms with E-state index in [4.69, 9.17) is 17.2 Å². The molecule has 1 aromatic carbocycles. The monoisotopic (exact) mass is 456 g/mol. The van der Waals surface area contributed by atoms with E-state index in [9.17, 15) is 23.1 Å². The Morgan fingerprint density at radius 1 is 1.20 bits per heavy atom. The van der Waals surface area contributed by atoms with Crippen molar-refractivity contribution in [2.75, 3.05) is 17.0 Å². The van der Waals surface area contributed by atoms with Gasteiger partial charge in [-0.25, -0.2) is 13.2 Å². The van der Waals surface area contributed by atoms with Gasteiger partial charge in [-0.2, -0.15) is 0 Å². The summed E-state index contributed by atoms with van der Waals surface area (Å²) in [6, 6.07) is 5.96. The second kappa shape index (κ2) is 10.4. The number of hydrogen-bond acceptors (Lipinski definition) is 9. The Bertz CT molecular complexity index is 992. The Labute approximate surface area is 177 Å². The topological polar surface area (TPSA) is 203 Å². The van der Waals surface area contributed by atoms with Crippen LogP contribution in [0.15, 0.2) is 40.6 Å². The molecule has 1 amide bonds. The summed E-state index contributed by atoms with van der Waals surface area (Å²) >= 11 is 0.981. The maximum atomic E-state index is 12.6. The van der Waals surface area contributed by atoms with Crippen LogP contribution >= 0.6 is 11.3 Å². The number of carbonyl (C=O) groups is 2. The normalized spacial score (nSPS) is 12.5. The van der Waals surface area contributed by atoms with Crippen LogP contribution in [0.5, 0.6) is 0 Å². The molecule has 13 heteroatoms. The lowest BCUT2D eigenvalue weighted by Gasteiger charge is -2.16. The zero-order chi connectivity index (χ0) is 22.3. The van der Waals surface area contributed by atoms with Crippen molar-refractivity contribution in [1.29, 1.82) is 0 Å². The van der Waals surface area contributed by atoms with Crippen LogP contribution < -0.4 is 32.6 Å². The molecule has 1 atom stereocenters. The lowest BCUT2D eigenvalue weighted by molar-refractivity contribution is -0.139. The summed E-state index contributed by atoms with van der Waals surface area (Å²) in [5, 5.41) is 16.0. The Morgan fingerprint density at radius 2 is 1.93 bits per heavy atom. The minimum absolute atomic E-state index is 0.0378. The summed E-state index contributed by atoms with van der Waals surface area (Å²) < 4.78 is 27.5. The summed E-state index contributed by atoms with van der Waals surface area (Å²) in [5.41, 5.74) is 16.6. The van der Waals surface area contributed by atoms with E-state index in [1.807, 2.05) is 0 Å². The van der Waals surface area contributed by atoms with Gasteiger partial charge in [0.2, 0.25) is 0 Å². The predicted molar refractivity (Wildman–Crippen MR) is 114 cm³/mol. The largest absolute Gasteiger partial charge is 0.480 e. The van der Waals surface area contributed by atoms with Crippen LogP contribution in [0, 0.1) is 0 Å². The quantitative estimate of drug-likeness (QED) is 0.137. The first-order valence-corrected chi connectivity index (χ1v) is 11.2. The van der Waals surface area contributed by atoms with Crippen LogP contribution in [-0.2, 0) is 14.8 Å². The average Bonchev–Trinajstić information content (AvgIpc) is 3.11. The van der Waals surface area contributed by atoms with Crippen LogP contribution in [0.2, 0.25) is 0 Å². The summed E-state index contributed by atoms with van der Waals surface area (Å²) in [6.45, 7) is 0.377. The van der Waals surface area contributed by atoms with Gasteiger partial charge in [0.25, 0.3) is 15.9 Å². The number of hydrogen-bond donors (Lipinski definition) is 7. The Hall–Kier alpha value is -2.71. The van der Waals surface area contributed by atoms with Gasteiger partial charge in [-0.05, 0) is 49.0 Å². The fraction of sp³-hybridized carbons (Fsp3) is 0.294. The summed E-state index contributed by atoms with van der Waals surface area (Å²) in [6.07, 6.45) is -0.178. The number of benzene rings is 1. The van der Waals surface area contributed by atoms with Crippen molar-refractivity contribution < 1.29 is 23.1 Å². The minimum Gasteiger partial charge on any atom is -0.480 e. The summed E-state index contributed by atoms with van der Waals surface area (Å²) in [4.78, 5) is 24.0. The standard InChI is InChI=1S/C17H24N6O5S2/c18-10-3-1-4-11(9-10)30(27,28)23-12-6-8-29-14(12)15(24)22-13(16(25)26)5-2-7-21-17(19)20/h1,3-4,6,8-9,13,17,21,23H,2,5,7,18-20H2,(H,22,24)(H,25,26)/t13-/m0/s1. The van der Waals surface area contributed by atoms with E-state index in [2.05, 4.69) is 15.4 Å². The molecular formula is C17H24N6O5S2. The maximum absolute atomic E-state index is 12.6. The van der Waals surface area contributed by atoms with Crippen LogP contribution in [0.1, 0.15) is 22.5 Å². The third-order valence-corrected chi connectivity index (χ3v) is 6.21. The third kappa shape index (κ3) is 6.67. The zero-order valence-electron chi connectivity index (χ0n) is 15.9. The molecular weight excluding hydrogens is 432 g/mol. The Morgan fingerprint density at radius 3 is 2.57 bits per heavy atom. The molecule has 10 N–H and O–H groups in total. The van der Waals surface area contributed by atoms with Crippen molar-refractivity contribution in [2.45, 2.75) is 30.1 Å². The highest BCUT2D eigenvalue weighted by molar-refractivity contribution is 7.92. The van der Waals surface area contributed by atoms with Crippen molar-refractivity contribution in [3.05, 3.63) is 40.6 Å². The van der Waals surface area contributed by atoms with Gasteiger partial charge in [0.15, 0.2) is 0 Å². The van der Waals surface area contributed by atoms with E-state index >= 15 is 0 Å². The molecule has 11 nitrogen and oxygen atoms in total. The summed E-state index contributed by atoms with van der Waals surface area (Å²) in [5.74, 6) is -1.91. The van der Waals surface area contributed by atoms with Crippen molar-refractivity contribution in [3.63, 3.8) is 0 Å². The van der Waals surface area contributed by atoms with Crippen LogP contribution in [0.4, 0.5) is 11.4 Å². The van der Waals surface area contributed by atoms with Crippen molar-refractivity contribution in [3.8, 4) is 0 Å². The number of nitrogens with two attached hydrogens (primary N) is 3. The fourth-order valence-corrected chi connectivity index (χ4v) is 4.45. The lowest BCUT2D eigenvalue weighted by Crippen LogP contribution is -2.46. The molecule has 0 radical (unpaired) electrons. The number of carboxylic acids is 1. The van der Waals surface area contributed by atoms with Crippen LogP contribution in [0.25, 0.3) is 0 Å². The lowest BCUT2D eigenvalue weighted by atomic mass is 10.1. The number of thiophene rings is 1. The van der Waals surface area contributed by atoms with Gasteiger partial charge >= 0.3 is 5.97 Å². The van der Waals surface area contributed by atoms with E-state index in [0.717, 1.165) is 11.3 Å². The first-order valence-electron chi connectivity index (χ1n) is 8.84. The van der Waals surface area contributed by atoms with Gasteiger partial charge in [0, 0.05) is 5.69 Å². The van der Waals surface area contributed by atoms with E-state index in [0.29, 0.717) is 13.0 Å². The van der Waals surface area contributed by atoms with Gasteiger partial charge in [0.1, 0.15) is 17.2 Å². The van der Waals surface area contributed by atoms with Gasteiger partial charge in [0.05, 0.1) is 10.6 Å². The minimum atomic E-state index is -3.98. The molecule has 0 saturated carbocycles. The third-order valence-electron chi connectivity index (χ3n) is 3.94. The molecule has 0 aliphatic heterocycles. The molecule has 0 spiro atoms. The van der Waals surface area contributed by atoms with Crippen molar-refractivity contribution in [1.82, 2.24) is 10.6 Å². The van der Waals surface area contributed by atoms with Crippen LogP contribution in [-0.4, -0.2) is 44.3 Å². The Balaban J connectivity index is 2.09. The molecule has 164 valence electrons. The SMILES string of the molecule is Nc1cccc(S(=O)(=O)Nc2ccsc2C(=O)N[C@@H](CCCNC(N)N)C(=O)O)c1. The van der Waals surface area contributed by atoms with E-state index in [1.54, 1.807) is 6.07 Å². The molecule has 2 aromatic rings. The van der Waals surface area contributed by atoms with Gasteiger partial charge in [-0.15, -0.1) is 11.3 Å². The van der Waals surface area contributed by atoms with E-state index in [1.165, 1.54) is 29.6 Å². The number of anilines is 2. The molecule has 0 fully saturated rings. The highest BCUT2D eigenvalue weighted by atomic mass is 32.2. The van der Waals surface area contributed by atoms with Gasteiger partial charge < -0.3 is 27.6 Å². The number of carboxylic acid groups (broad SMARTS) is 1. The second-order valence-electron chi connectivity index (χ2n) is 6.33. The molecule has 1 aromatic heterocycles. The number of amides is 1. The number of sulfonamides is 1. The second-order valence-corrected chi connectivity index (χ2v) is 8.93. The number of aliphatic carboxylic acids is 1. The molecule has 0 aliphatic carbocycles. The number of nitrogens with one attached hydrogen (secondary N) is 3. The zero-order valence-corrected chi connectivity index (χ0v) is 17.5. The van der Waals surface area contributed by atoms with Crippen LogP contribution in [0.3, 0.4) is 0 Å². The first kappa shape index (κ1) is 23.6. The fourth-order valence-electron chi connectivity index (χ4n) is 2.51. The molecule has 0 aliphatic rings. The molecule has 0 bridgehead atoms. The number of rotatable bonds is 11. The highest BCUT2D eigenvalue weighted by Crippen LogP contribution is 2.26. The predicted octanol–water partition coefficient (Wildman–Crippen LogP) is -0.115. The molecule has 1 heterocycles. The summed E-state index contributed by atoms with van der Waals surface area (Å²) in [7, 11) is -3.98. The highest BCUT2D eigenvalue weighted by Gasteiger charge is 2.24. The number of nitrogen functional groups attached to an aromatic ring is 1. The molecule has 0 saturated heterocycles. The number of carbonyl (C=O) groups excluding carboxylic acids is 1. The maximum Gasteiger partial charge on any atom is 0.326 e. The molecule has 30 heavy (non-hydrogen) atoms. The Kier molecular flexibility index (Phi) is 8.14. The van der Waals surface area contributed by atoms with Gasteiger partial charge in [-0.3, -0.25) is 14.8 Å². The molecule has 0 unspecified atom stereocenters. The first-order chi connectivity index (χ1) is 14.1. The van der Waals surface area contributed by atoms with Crippen molar-refractivity contribution >= 4 is 44.6 Å².